The minimum atomic E-state index is -0.177. The van der Waals surface area contributed by atoms with Gasteiger partial charge in [0, 0.05) is 61.5 Å². The number of benzene rings is 13. The van der Waals surface area contributed by atoms with E-state index in [1.165, 1.54) is 126 Å². The van der Waals surface area contributed by atoms with Gasteiger partial charge in [-0.05, 0) is 187 Å². The number of allylic oxidation sites excluding steroid dienone is 3. The summed E-state index contributed by atoms with van der Waals surface area (Å²) in [5, 5.41) is 12.8. The van der Waals surface area contributed by atoms with Crippen LogP contribution in [-0.4, -0.2) is 11.3 Å². The van der Waals surface area contributed by atoms with Crippen LogP contribution in [0.3, 0.4) is 0 Å². The smallest absolute Gasteiger partial charge is 0.333 e. The third-order valence-electron chi connectivity index (χ3n) is 17.1. The van der Waals surface area contributed by atoms with E-state index in [4.69, 9.17) is 0 Å². The maximum atomic E-state index is 3.46. The molecule has 16 rings (SSSR count). The normalized spacial score (nSPS) is 12.3. The maximum Gasteiger partial charge on any atom is 0.333 e. The molecule has 0 bridgehead atoms. The second kappa shape index (κ2) is 19.3. The molecule has 0 N–H and O–H groups in total. The SMILES string of the molecule is C=C/C=C\C.Cc1c2ccccc2c(C)c2cc3c(cc12)B1c2c(cc(N(c4ccccc4)c4ccccc4)cc2N3c2cc(-c3ccccc3)cc(-c3ccccc3)c2)-c2cc3ccccc3c3c4c5ccccc5ccc4n1c23. The van der Waals surface area contributed by atoms with Gasteiger partial charge in [-0.2, -0.15) is 0 Å². The second-order valence-electron chi connectivity index (χ2n) is 21.6. The summed E-state index contributed by atoms with van der Waals surface area (Å²) in [6.07, 6.45) is 5.58. The highest BCUT2D eigenvalue weighted by Crippen LogP contribution is 2.52. The third kappa shape index (κ3) is 7.59. The van der Waals surface area contributed by atoms with E-state index in [-0.39, 0.29) is 6.85 Å². The Hall–Kier alpha value is -10.2. The van der Waals surface area contributed by atoms with E-state index in [2.05, 4.69) is 289 Å². The van der Waals surface area contributed by atoms with Crippen molar-refractivity contribution in [3.63, 3.8) is 0 Å². The fourth-order valence-electron chi connectivity index (χ4n) is 13.6. The second-order valence-corrected chi connectivity index (χ2v) is 21.6. The molecule has 13 aromatic carbocycles. The number of hydrogen-bond acceptors (Lipinski definition) is 2. The van der Waals surface area contributed by atoms with Crippen LogP contribution in [0.25, 0.3) is 98.3 Å². The first-order valence-electron chi connectivity index (χ1n) is 28.2. The van der Waals surface area contributed by atoms with E-state index in [1.807, 2.05) is 19.1 Å². The van der Waals surface area contributed by atoms with E-state index < -0.39 is 0 Å². The van der Waals surface area contributed by atoms with Crippen molar-refractivity contribution in [2.75, 3.05) is 9.80 Å². The molecule has 0 atom stereocenters. The minimum absolute atomic E-state index is 0.177. The lowest BCUT2D eigenvalue weighted by Crippen LogP contribution is -2.56. The number of para-hydroxylation sites is 2. The number of nitrogens with zero attached hydrogens (tertiary/aromatic N) is 3. The van der Waals surface area contributed by atoms with Gasteiger partial charge in [-0.1, -0.05) is 207 Å². The lowest BCUT2D eigenvalue weighted by Gasteiger charge is -2.42. The third-order valence-corrected chi connectivity index (χ3v) is 17.1. The summed E-state index contributed by atoms with van der Waals surface area (Å²) >= 11 is 0. The summed E-state index contributed by atoms with van der Waals surface area (Å²) in [6.45, 7) is 9.90. The molecule has 0 saturated heterocycles. The molecule has 2 aliphatic rings. The van der Waals surface area contributed by atoms with Gasteiger partial charge in [0.15, 0.2) is 0 Å². The molecule has 0 unspecified atom stereocenters. The van der Waals surface area contributed by atoms with Crippen molar-refractivity contribution < 1.29 is 0 Å². The fraction of sp³-hybridized carbons (Fsp3) is 0.0390. The van der Waals surface area contributed by atoms with Crippen molar-refractivity contribution in [2.45, 2.75) is 20.8 Å². The molecule has 14 aromatic rings. The van der Waals surface area contributed by atoms with Gasteiger partial charge in [-0.3, -0.25) is 0 Å². The van der Waals surface area contributed by atoms with E-state index in [0.717, 1.165) is 28.4 Å². The Morgan fingerprint density at radius 3 is 1.53 bits per heavy atom. The molecule has 81 heavy (non-hydrogen) atoms. The molecule has 3 heterocycles. The number of anilines is 6. The Morgan fingerprint density at radius 1 is 0.420 bits per heavy atom. The number of fused-ring (bicyclic) bond motifs is 13. The summed E-state index contributed by atoms with van der Waals surface area (Å²) in [4.78, 5) is 5.08. The van der Waals surface area contributed by atoms with E-state index >= 15 is 0 Å². The largest absolute Gasteiger partial charge is 0.375 e. The Kier molecular flexibility index (Phi) is 11.5. The highest BCUT2D eigenvalue weighted by Gasteiger charge is 2.44. The average molecular weight is 1030 g/mol. The first kappa shape index (κ1) is 48.0. The van der Waals surface area contributed by atoms with Gasteiger partial charge in [0.05, 0.1) is 0 Å². The van der Waals surface area contributed by atoms with E-state index in [1.54, 1.807) is 6.08 Å². The molecule has 382 valence electrons. The summed E-state index contributed by atoms with van der Waals surface area (Å²) in [5.41, 5.74) is 21.6. The van der Waals surface area contributed by atoms with Crippen LogP contribution in [0.2, 0.25) is 0 Å². The van der Waals surface area contributed by atoms with Gasteiger partial charge in [0.25, 0.3) is 0 Å². The molecule has 3 nitrogen and oxygen atoms in total. The fourth-order valence-corrected chi connectivity index (χ4v) is 13.6. The molecule has 2 aliphatic heterocycles. The molecule has 0 aliphatic carbocycles. The molecule has 0 spiro atoms. The molecule has 0 saturated carbocycles. The Morgan fingerprint density at radius 2 is 0.951 bits per heavy atom. The van der Waals surface area contributed by atoms with E-state index in [0.29, 0.717) is 0 Å². The van der Waals surface area contributed by atoms with Crippen LogP contribution in [-0.2, 0) is 0 Å². The van der Waals surface area contributed by atoms with Crippen molar-refractivity contribution >= 4 is 117 Å². The number of rotatable bonds is 7. The van der Waals surface area contributed by atoms with Gasteiger partial charge in [-0.25, -0.2) is 0 Å². The number of hydrogen-bond donors (Lipinski definition) is 0. The van der Waals surface area contributed by atoms with Crippen molar-refractivity contribution in [3.05, 3.63) is 291 Å². The van der Waals surface area contributed by atoms with Gasteiger partial charge < -0.3 is 14.3 Å². The molecule has 0 radical (unpaired) electrons. The molecule has 1 aromatic heterocycles. The predicted molar refractivity (Wildman–Crippen MR) is 350 cm³/mol. The van der Waals surface area contributed by atoms with Crippen molar-refractivity contribution in [1.29, 1.82) is 0 Å². The Bertz CT molecular complexity index is 4770. The zero-order valence-corrected chi connectivity index (χ0v) is 45.6. The van der Waals surface area contributed by atoms with Crippen LogP contribution in [0, 0.1) is 13.8 Å². The molecular formula is C77H56BN3. The molecule has 0 fully saturated rings. The molecule has 0 amide bonds. The number of aromatic nitrogens is 1. The van der Waals surface area contributed by atoms with Crippen LogP contribution in [0.15, 0.2) is 280 Å². The zero-order valence-electron chi connectivity index (χ0n) is 45.6. The summed E-state index contributed by atoms with van der Waals surface area (Å²) in [6, 6.07) is 95.2. The highest BCUT2D eigenvalue weighted by atomic mass is 15.2. The predicted octanol–water partition coefficient (Wildman–Crippen LogP) is 20.0. The van der Waals surface area contributed by atoms with Crippen LogP contribution < -0.4 is 20.7 Å². The summed E-state index contributed by atoms with van der Waals surface area (Å²) in [5.74, 6) is 0. The minimum Gasteiger partial charge on any atom is -0.375 e. The summed E-state index contributed by atoms with van der Waals surface area (Å²) in [7, 11) is 0. The maximum absolute atomic E-state index is 3.46. The number of aryl methyl sites for hydroxylation is 2. The van der Waals surface area contributed by atoms with Crippen LogP contribution in [0.5, 0.6) is 0 Å². The van der Waals surface area contributed by atoms with Gasteiger partial charge in [-0.15, -0.1) is 0 Å². The van der Waals surface area contributed by atoms with Crippen molar-refractivity contribution in [2.24, 2.45) is 0 Å². The zero-order chi connectivity index (χ0) is 54.3. The topological polar surface area (TPSA) is 11.4 Å². The van der Waals surface area contributed by atoms with Gasteiger partial charge in [0.1, 0.15) is 0 Å². The first-order valence-corrected chi connectivity index (χ1v) is 28.2. The Balaban J connectivity index is 0.00000108. The van der Waals surface area contributed by atoms with Crippen LogP contribution in [0.4, 0.5) is 34.1 Å². The summed E-state index contributed by atoms with van der Waals surface area (Å²) < 4.78 is 2.75. The highest BCUT2D eigenvalue weighted by molar-refractivity contribution is 6.90. The van der Waals surface area contributed by atoms with Crippen molar-refractivity contribution in [3.8, 4) is 33.4 Å². The standard InChI is InChI=1S/C72H48BN3.C5H8/c1-45-57-31-19-20-32-58(57)46(2)62-44-67-65(43-61(45)62)73-71-63(64-40-50-26-16-18-34-60(50)70-69-59-33-17-15-25-49(59)35-36-66(69)76(73)72(64)70)41-56(74(53-27-11-5-12-28-53)54-29-13-6-14-30-54)42-68(71)75(67)55-38-51(47-21-7-3-8-22-47)37-52(39-55)48-23-9-4-10-24-48;1-3-5-4-2/h3-44H,1-2H3;3-5H,1H2,2H3/b;5-4-. The van der Waals surface area contributed by atoms with Crippen LogP contribution in [0.1, 0.15) is 18.1 Å². The first-order chi connectivity index (χ1) is 40.0. The van der Waals surface area contributed by atoms with Gasteiger partial charge in [0.2, 0.25) is 0 Å². The quantitative estimate of drug-likeness (QED) is 0.0895. The van der Waals surface area contributed by atoms with E-state index in [9.17, 15) is 0 Å². The lowest BCUT2D eigenvalue weighted by molar-refractivity contribution is 1.24. The van der Waals surface area contributed by atoms with Crippen LogP contribution >= 0.6 is 0 Å². The lowest BCUT2D eigenvalue weighted by atomic mass is 9.45. The Labute approximate surface area is 473 Å². The molecular weight excluding hydrogens is 978 g/mol. The monoisotopic (exact) mass is 1030 g/mol. The molecule has 4 heteroatoms. The van der Waals surface area contributed by atoms with Gasteiger partial charge >= 0.3 is 6.85 Å². The average Bonchev–Trinajstić information content (AvgIpc) is 3.17. The van der Waals surface area contributed by atoms with Crippen molar-refractivity contribution in [1.82, 2.24) is 4.48 Å².